The first-order chi connectivity index (χ1) is 14.0. The van der Waals surface area contributed by atoms with E-state index in [1.54, 1.807) is 6.21 Å². The molecule has 0 unspecified atom stereocenters. The molecule has 1 aromatic heterocycles. The van der Waals surface area contributed by atoms with Gasteiger partial charge in [0.1, 0.15) is 0 Å². The summed E-state index contributed by atoms with van der Waals surface area (Å²) in [5.41, 5.74) is 8.78. The molecule has 0 fully saturated rings. The van der Waals surface area contributed by atoms with Crippen LogP contribution in [0.2, 0.25) is 0 Å². The van der Waals surface area contributed by atoms with E-state index in [0.29, 0.717) is 5.56 Å². The Morgan fingerprint density at radius 1 is 0.897 bits per heavy atom. The molecule has 0 saturated heterocycles. The van der Waals surface area contributed by atoms with Gasteiger partial charge in [-0.3, -0.25) is 4.79 Å². The topological polar surface area (TPSA) is 46.4 Å². The van der Waals surface area contributed by atoms with Crippen LogP contribution in [0, 0.1) is 20.8 Å². The Labute approximate surface area is 170 Å². The highest BCUT2D eigenvalue weighted by Gasteiger charge is 2.11. The summed E-state index contributed by atoms with van der Waals surface area (Å²) < 4.78 is 2.21. The minimum absolute atomic E-state index is 0.222. The summed E-state index contributed by atoms with van der Waals surface area (Å²) in [7, 11) is 0. The van der Waals surface area contributed by atoms with Gasteiger partial charge in [-0.05, 0) is 61.4 Å². The lowest BCUT2D eigenvalue weighted by Crippen LogP contribution is -2.17. The quantitative estimate of drug-likeness (QED) is 0.377. The largest absolute Gasteiger partial charge is 0.318 e. The molecule has 1 amide bonds. The zero-order valence-corrected chi connectivity index (χ0v) is 16.8. The zero-order valence-electron chi connectivity index (χ0n) is 16.8. The lowest BCUT2D eigenvalue weighted by atomic mass is 10.1. The minimum Gasteiger partial charge on any atom is -0.318 e. The Bertz CT molecular complexity index is 1230. The van der Waals surface area contributed by atoms with Crippen molar-refractivity contribution in [2.24, 2.45) is 5.10 Å². The molecule has 0 spiro atoms. The predicted molar refractivity (Wildman–Crippen MR) is 119 cm³/mol. The van der Waals surface area contributed by atoms with Gasteiger partial charge in [0.05, 0.1) is 6.21 Å². The third-order valence-corrected chi connectivity index (χ3v) is 5.21. The van der Waals surface area contributed by atoms with Crippen molar-refractivity contribution in [1.29, 1.82) is 0 Å². The van der Waals surface area contributed by atoms with E-state index >= 15 is 0 Å². The van der Waals surface area contributed by atoms with E-state index in [-0.39, 0.29) is 5.91 Å². The first kappa shape index (κ1) is 18.7. The van der Waals surface area contributed by atoms with E-state index < -0.39 is 0 Å². The smallest absolute Gasteiger partial charge is 0.271 e. The Balaban J connectivity index is 1.54. The van der Waals surface area contributed by atoms with Crippen LogP contribution in [-0.4, -0.2) is 16.7 Å². The molecule has 0 aliphatic rings. The van der Waals surface area contributed by atoms with Crippen molar-refractivity contribution in [3.63, 3.8) is 0 Å². The van der Waals surface area contributed by atoms with Crippen LogP contribution in [0.25, 0.3) is 16.5 Å². The normalized spacial score (nSPS) is 11.3. The first-order valence-corrected chi connectivity index (χ1v) is 9.62. The van der Waals surface area contributed by atoms with Gasteiger partial charge in [-0.2, -0.15) is 5.10 Å². The summed E-state index contributed by atoms with van der Waals surface area (Å²) in [6.45, 7) is 6.24. The fourth-order valence-corrected chi connectivity index (χ4v) is 3.66. The zero-order chi connectivity index (χ0) is 20.4. The number of amides is 1. The van der Waals surface area contributed by atoms with E-state index in [4.69, 9.17) is 0 Å². The fraction of sp³-hybridized carbons (Fsp3) is 0.120. The third-order valence-electron chi connectivity index (χ3n) is 5.21. The molecule has 4 rings (SSSR count). The Morgan fingerprint density at radius 2 is 1.62 bits per heavy atom. The molecule has 0 atom stereocenters. The fourth-order valence-electron chi connectivity index (χ4n) is 3.66. The number of hydrogen-bond acceptors (Lipinski definition) is 2. The van der Waals surface area contributed by atoms with Gasteiger partial charge in [-0.25, -0.2) is 5.43 Å². The number of benzene rings is 3. The minimum atomic E-state index is -0.222. The SMILES string of the molecule is Cc1ccccc1-n1c(C)cc(/C=N/NC(=O)c2ccc3ccccc3c2)c1C. The third kappa shape index (κ3) is 3.69. The molecule has 0 bridgehead atoms. The van der Waals surface area contributed by atoms with Crippen molar-refractivity contribution in [3.05, 3.63) is 101 Å². The van der Waals surface area contributed by atoms with Crippen LogP contribution in [0.4, 0.5) is 0 Å². The molecule has 1 N–H and O–H groups in total. The van der Waals surface area contributed by atoms with E-state index in [1.807, 2.05) is 54.6 Å². The molecule has 29 heavy (non-hydrogen) atoms. The van der Waals surface area contributed by atoms with Crippen molar-refractivity contribution < 1.29 is 4.79 Å². The van der Waals surface area contributed by atoms with E-state index in [2.05, 4.69) is 54.1 Å². The number of aryl methyl sites for hydroxylation is 2. The predicted octanol–water partition coefficient (Wildman–Crippen LogP) is 5.32. The van der Waals surface area contributed by atoms with E-state index in [9.17, 15) is 4.79 Å². The van der Waals surface area contributed by atoms with Gasteiger partial charge >= 0.3 is 0 Å². The van der Waals surface area contributed by atoms with Crippen molar-refractivity contribution in [3.8, 4) is 5.69 Å². The van der Waals surface area contributed by atoms with Crippen LogP contribution in [0.15, 0.2) is 77.9 Å². The highest BCUT2D eigenvalue weighted by atomic mass is 16.2. The molecule has 4 heteroatoms. The molecule has 1 heterocycles. The number of nitrogens with zero attached hydrogens (tertiary/aromatic N) is 2. The van der Waals surface area contributed by atoms with Crippen molar-refractivity contribution in [2.75, 3.05) is 0 Å². The maximum Gasteiger partial charge on any atom is 0.271 e. The number of carbonyl (C=O) groups excluding carboxylic acids is 1. The van der Waals surface area contributed by atoms with Gasteiger partial charge in [-0.15, -0.1) is 0 Å². The van der Waals surface area contributed by atoms with Crippen LogP contribution in [0.5, 0.6) is 0 Å². The molecular formula is C25H23N3O. The highest BCUT2D eigenvalue weighted by molar-refractivity contribution is 5.99. The van der Waals surface area contributed by atoms with Crippen LogP contribution in [0.1, 0.15) is 32.9 Å². The number of para-hydroxylation sites is 1. The second kappa shape index (κ2) is 7.76. The summed E-state index contributed by atoms with van der Waals surface area (Å²) in [5, 5.41) is 6.33. The van der Waals surface area contributed by atoms with Gasteiger partial charge in [0, 0.05) is 28.2 Å². The Morgan fingerprint density at radius 3 is 2.41 bits per heavy atom. The van der Waals surface area contributed by atoms with Gasteiger partial charge < -0.3 is 4.57 Å². The van der Waals surface area contributed by atoms with Crippen LogP contribution in [0.3, 0.4) is 0 Å². The molecule has 0 radical (unpaired) electrons. The summed E-state index contributed by atoms with van der Waals surface area (Å²) in [5.74, 6) is -0.222. The van der Waals surface area contributed by atoms with Crippen LogP contribution >= 0.6 is 0 Å². The van der Waals surface area contributed by atoms with Crippen molar-refractivity contribution in [2.45, 2.75) is 20.8 Å². The molecule has 4 nitrogen and oxygen atoms in total. The Kier molecular flexibility index (Phi) is 5.00. The number of hydrazone groups is 1. The Hall–Kier alpha value is -3.66. The number of rotatable bonds is 4. The molecule has 144 valence electrons. The summed E-state index contributed by atoms with van der Waals surface area (Å²) in [4.78, 5) is 12.5. The number of carbonyl (C=O) groups is 1. The van der Waals surface area contributed by atoms with Gasteiger partial charge in [0.25, 0.3) is 5.91 Å². The molecule has 3 aromatic carbocycles. The monoisotopic (exact) mass is 381 g/mol. The molecule has 0 aliphatic carbocycles. The lowest BCUT2D eigenvalue weighted by Gasteiger charge is -2.12. The summed E-state index contributed by atoms with van der Waals surface area (Å²) in [6.07, 6.45) is 1.70. The maximum atomic E-state index is 12.5. The average Bonchev–Trinajstić information content (AvgIpc) is 3.01. The summed E-state index contributed by atoms with van der Waals surface area (Å²) >= 11 is 0. The van der Waals surface area contributed by atoms with Crippen LogP contribution in [-0.2, 0) is 0 Å². The van der Waals surface area contributed by atoms with Crippen molar-refractivity contribution >= 4 is 22.9 Å². The second-order valence-electron chi connectivity index (χ2n) is 7.21. The number of nitrogens with one attached hydrogen (secondary N) is 1. The first-order valence-electron chi connectivity index (χ1n) is 9.62. The van der Waals surface area contributed by atoms with E-state index in [0.717, 1.165) is 33.4 Å². The van der Waals surface area contributed by atoms with Crippen molar-refractivity contribution in [1.82, 2.24) is 9.99 Å². The van der Waals surface area contributed by atoms with Gasteiger partial charge in [0.2, 0.25) is 0 Å². The van der Waals surface area contributed by atoms with Crippen LogP contribution < -0.4 is 5.43 Å². The lowest BCUT2D eigenvalue weighted by molar-refractivity contribution is 0.0955. The average molecular weight is 381 g/mol. The standard InChI is InChI=1S/C25H23N3O/c1-17-8-4-7-11-24(17)28-18(2)14-23(19(28)3)16-26-27-25(29)22-13-12-20-9-5-6-10-21(20)15-22/h4-16H,1-3H3,(H,27,29)/b26-16+. The van der Waals surface area contributed by atoms with Gasteiger partial charge in [0.15, 0.2) is 0 Å². The number of hydrogen-bond donors (Lipinski definition) is 1. The molecular weight excluding hydrogens is 358 g/mol. The van der Waals surface area contributed by atoms with Gasteiger partial charge in [-0.1, -0.05) is 48.5 Å². The second-order valence-corrected chi connectivity index (χ2v) is 7.21. The maximum absolute atomic E-state index is 12.5. The van der Waals surface area contributed by atoms with E-state index in [1.165, 1.54) is 5.56 Å². The highest BCUT2D eigenvalue weighted by Crippen LogP contribution is 2.22. The molecule has 0 aliphatic heterocycles. The number of fused-ring (bicyclic) bond motifs is 1. The number of aromatic nitrogens is 1. The molecule has 4 aromatic rings. The summed E-state index contributed by atoms with van der Waals surface area (Å²) in [6, 6.07) is 24.0. The molecule has 0 saturated carbocycles.